The van der Waals surface area contributed by atoms with Gasteiger partial charge in [-0.05, 0) is 12.0 Å². The van der Waals surface area contributed by atoms with E-state index in [1.165, 1.54) is 6.08 Å². The number of hydrogen-bond donors (Lipinski definition) is 1. The van der Waals surface area contributed by atoms with Gasteiger partial charge in [0, 0.05) is 5.92 Å². The van der Waals surface area contributed by atoms with E-state index in [0.29, 0.717) is 0 Å². The lowest BCUT2D eigenvalue weighted by Gasteiger charge is -2.33. The molecular weight excluding hydrogens is 194 g/mol. The van der Waals surface area contributed by atoms with Crippen molar-refractivity contribution in [2.24, 2.45) is 11.8 Å². The zero-order valence-corrected chi connectivity index (χ0v) is 8.68. The molecule has 0 saturated carbocycles. The van der Waals surface area contributed by atoms with Crippen LogP contribution in [0.25, 0.3) is 0 Å². The lowest BCUT2D eigenvalue weighted by molar-refractivity contribution is 0.00893. The predicted octanol–water partition coefficient (Wildman–Crippen LogP) is 2.34. The van der Waals surface area contributed by atoms with Crippen LogP contribution in [0.15, 0.2) is 24.3 Å². The van der Waals surface area contributed by atoms with E-state index in [2.05, 4.69) is 0 Å². The van der Waals surface area contributed by atoms with Crippen LogP contribution in [0.1, 0.15) is 13.8 Å². The molecule has 0 spiro atoms. The SMILES string of the molecule is CC(C)C1C=CC=CC1(C#N)OC(=O)O. The van der Waals surface area contributed by atoms with Crippen molar-refractivity contribution in [2.45, 2.75) is 19.4 Å². The highest BCUT2D eigenvalue weighted by Gasteiger charge is 2.42. The molecule has 0 bridgehead atoms. The average Bonchev–Trinajstić information content (AvgIpc) is 2.17. The summed E-state index contributed by atoms with van der Waals surface area (Å²) in [5.41, 5.74) is -1.38. The summed E-state index contributed by atoms with van der Waals surface area (Å²) in [4.78, 5) is 10.6. The lowest BCUT2D eigenvalue weighted by Crippen LogP contribution is -2.41. The van der Waals surface area contributed by atoms with E-state index < -0.39 is 11.8 Å². The molecule has 0 heterocycles. The third-order valence-electron chi connectivity index (χ3n) is 2.42. The van der Waals surface area contributed by atoms with Gasteiger partial charge < -0.3 is 9.84 Å². The van der Waals surface area contributed by atoms with Crippen molar-refractivity contribution in [1.82, 2.24) is 0 Å². The molecular formula is C11H13NO3. The Morgan fingerprint density at radius 3 is 2.73 bits per heavy atom. The molecule has 4 heteroatoms. The normalized spacial score (nSPS) is 28.8. The summed E-state index contributed by atoms with van der Waals surface area (Å²) in [5.74, 6) is -0.117. The molecule has 15 heavy (non-hydrogen) atoms. The van der Waals surface area contributed by atoms with Crippen molar-refractivity contribution < 1.29 is 14.6 Å². The van der Waals surface area contributed by atoms with Gasteiger partial charge in [-0.25, -0.2) is 4.79 Å². The van der Waals surface area contributed by atoms with Crippen LogP contribution in [0, 0.1) is 23.2 Å². The van der Waals surface area contributed by atoms with Gasteiger partial charge in [0.05, 0.1) is 0 Å². The maximum absolute atomic E-state index is 10.6. The van der Waals surface area contributed by atoms with E-state index in [4.69, 9.17) is 15.1 Å². The molecule has 1 aliphatic rings. The highest BCUT2D eigenvalue weighted by molar-refractivity contribution is 5.59. The largest absolute Gasteiger partial charge is 0.507 e. The van der Waals surface area contributed by atoms with Crippen molar-refractivity contribution in [3.63, 3.8) is 0 Å². The molecule has 0 fully saturated rings. The molecule has 0 saturated heterocycles. The van der Waals surface area contributed by atoms with Gasteiger partial charge in [-0.1, -0.05) is 32.1 Å². The first kappa shape index (κ1) is 11.3. The van der Waals surface area contributed by atoms with Crippen molar-refractivity contribution in [3.8, 4) is 6.07 Å². The quantitative estimate of drug-likeness (QED) is 0.705. The number of allylic oxidation sites excluding steroid dienone is 2. The van der Waals surface area contributed by atoms with Crippen LogP contribution in [0.4, 0.5) is 4.79 Å². The number of ether oxygens (including phenoxy) is 1. The summed E-state index contributed by atoms with van der Waals surface area (Å²) < 4.78 is 4.72. The number of nitrogens with zero attached hydrogens (tertiary/aromatic N) is 1. The van der Waals surface area contributed by atoms with E-state index in [-0.39, 0.29) is 11.8 Å². The molecule has 1 N–H and O–H groups in total. The van der Waals surface area contributed by atoms with Gasteiger partial charge in [0.15, 0.2) is 0 Å². The molecule has 2 unspecified atom stereocenters. The lowest BCUT2D eigenvalue weighted by atomic mass is 9.77. The second-order valence-corrected chi connectivity index (χ2v) is 3.79. The van der Waals surface area contributed by atoms with E-state index in [9.17, 15) is 4.79 Å². The summed E-state index contributed by atoms with van der Waals surface area (Å²) >= 11 is 0. The Balaban J connectivity index is 3.05. The molecule has 0 aromatic rings. The molecule has 0 amide bonds. The van der Waals surface area contributed by atoms with Crippen LogP contribution in [0.2, 0.25) is 0 Å². The minimum absolute atomic E-state index is 0.130. The molecule has 0 aromatic carbocycles. The molecule has 1 rings (SSSR count). The highest BCUT2D eigenvalue weighted by atomic mass is 16.7. The zero-order valence-electron chi connectivity index (χ0n) is 8.68. The summed E-state index contributed by atoms with van der Waals surface area (Å²) in [6, 6.07) is 1.94. The van der Waals surface area contributed by atoms with Gasteiger partial charge in [0.2, 0.25) is 5.60 Å². The minimum atomic E-state index is -1.43. The number of carbonyl (C=O) groups is 1. The summed E-state index contributed by atoms with van der Waals surface area (Å²) in [6.07, 6.45) is 5.29. The van der Waals surface area contributed by atoms with Crippen LogP contribution in [-0.2, 0) is 4.74 Å². The third kappa shape index (κ3) is 2.18. The Morgan fingerprint density at radius 2 is 2.27 bits per heavy atom. The zero-order chi connectivity index (χ0) is 11.5. The van der Waals surface area contributed by atoms with Crippen LogP contribution >= 0.6 is 0 Å². The minimum Gasteiger partial charge on any atom is -0.450 e. The number of nitriles is 1. The van der Waals surface area contributed by atoms with Gasteiger partial charge in [0.25, 0.3) is 0 Å². The van der Waals surface area contributed by atoms with E-state index in [1.807, 2.05) is 19.9 Å². The Hall–Kier alpha value is -1.76. The monoisotopic (exact) mass is 207 g/mol. The Labute approximate surface area is 88.5 Å². The fourth-order valence-corrected chi connectivity index (χ4v) is 1.74. The van der Waals surface area contributed by atoms with Gasteiger partial charge in [0.1, 0.15) is 6.07 Å². The number of hydrogen-bond acceptors (Lipinski definition) is 3. The van der Waals surface area contributed by atoms with Crippen LogP contribution < -0.4 is 0 Å². The fraction of sp³-hybridized carbons (Fsp3) is 0.455. The average molecular weight is 207 g/mol. The number of rotatable bonds is 2. The van der Waals surface area contributed by atoms with Gasteiger partial charge in [-0.2, -0.15) is 5.26 Å². The third-order valence-corrected chi connectivity index (χ3v) is 2.42. The number of carboxylic acid groups (broad SMARTS) is 1. The Bertz CT molecular complexity index is 351. The summed E-state index contributed by atoms with van der Waals surface area (Å²) in [5, 5.41) is 17.7. The van der Waals surface area contributed by atoms with Crippen molar-refractivity contribution in [2.75, 3.05) is 0 Å². The van der Waals surface area contributed by atoms with Gasteiger partial charge >= 0.3 is 6.16 Å². The molecule has 2 atom stereocenters. The second kappa shape index (κ2) is 4.18. The molecule has 1 aliphatic carbocycles. The highest BCUT2D eigenvalue weighted by Crippen LogP contribution is 2.33. The van der Waals surface area contributed by atoms with Crippen molar-refractivity contribution in [3.05, 3.63) is 24.3 Å². The van der Waals surface area contributed by atoms with E-state index >= 15 is 0 Å². The standard InChI is InChI=1S/C11H13NO3/c1-8(2)9-5-3-4-6-11(9,7-12)15-10(13)14/h3-6,8-9H,1-2H3,(H,13,14). The summed E-state index contributed by atoms with van der Waals surface area (Å²) in [6.45, 7) is 3.84. The maximum Gasteiger partial charge on any atom is 0.507 e. The van der Waals surface area contributed by atoms with Gasteiger partial charge in [-0.3, -0.25) is 0 Å². The molecule has 0 aromatic heterocycles. The first-order valence-electron chi connectivity index (χ1n) is 4.71. The topological polar surface area (TPSA) is 70.3 Å². The fourth-order valence-electron chi connectivity index (χ4n) is 1.74. The second-order valence-electron chi connectivity index (χ2n) is 3.79. The first-order chi connectivity index (χ1) is 7.02. The van der Waals surface area contributed by atoms with E-state index in [0.717, 1.165) is 0 Å². The molecule has 80 valence electrons. The van der Waals surface area contributed by atoms with Crippen LogP contribution in [0.5, 0.6) is 0 Å². The van der Waals surface area contributed by atoms with E-state index in [1.54, 1.807) is 18.2 Å². The summed E-state index contributed by atoms with van der Waals surface area (Å²) in [7, 11) is 0. The van der Waals surface area contributed by atoms with Crippen LogP contribution in [-0.4, -0.2) is 16.9 Å². The first-order valence-corrected chi connectivity index (χ1v) is 4.71. The molecule has 4 nitrogen and oxygen atoms in total. The maximum atomic E-state index is 10.6. The van der Waals surface area contributed by atoms with Crippen LogP contribution in [0.3, 0.4) is 0 Å². The van der Waals surface area contributed by atoms with Gasteiger partial charge in [-0.15, -0.1) is 0 Å². The molecule has 0 radical (unpaired) electrons. The van der Waals surface area contributed by atoms with Crippen molar-refractivity contribution >= 4 is 6.16 Å². The van der Waals surface area contributed by atoms with Crippen molar-refractivity contribution in [1.29, 1.82) is 5.26 Å². The smallest absolute Gasteiger partial charge is 0.450 e. The predicted molar refractivity (Wildman–Crippen MR) is 54.1 cm³/mol. The Kier molecular flexibility index (Phi) is 3.15. The molecule has 0 aliphatic heterocycles. The Morgan fingerprint density at radius 1 is 1.60 bits per heavy atom.